The molecule has 0 bridgehead atoms. The smallest absolute Gasteiger partial charge is 0.484 e. The largest absolute Gasteiger partial charge is 0.526 e. The number of amides is 3. The van der Waals surface area contributed by atoms with Crippen molar-refractivity contribution in [2.24, 2.45) is 32.2 Å². The molecule has 0 radical (unpaired) electrons. The van der Waals surface area contributed by atoms with Gasteiger partial charge in [-0.3, -0.25) is 29.1 Å². The van der Waals surface area contributed by atoms with E-state index in [1.165, 1.54) is 27.0 Å². The molecule has 3 aromatic heterocycles. The van der Waals surface area contributed by atoms with Crippen LogP contribution in [-0.2, 0) is 45.2 Å². The van der Waals surface area contributed by atoms with Crippen LogP contribution in [0.2, 0.25) is 0 Å². The van der Waals surface area contributed by atoms with Gasteiger partial charge in [0, 0.05) is 92.5 Å². The molecular formula is C60H65BBrN9O14. The van der Waals surface area contributed by atoms with Crippen LogP contribution >= 0.6 is 15.9 Å². The Morgan fingerprint density at radius 3 is 1.16 bits per heavy atom. The molecule has 0 aliphatic carbocycles. The molecule has 6 spiro atoms. The molecule has 3 saturated heterocycles. The van der Waals surface area contributed by atoms with E-state index in [-0.39, 0.29) is 41.3 Å². The zero-order chi connectivity index (χ0) is 59.5. The van der Waals surface area contributed by atoms with Crippen LogP contribution in [0, 0.1) is 0 Å². The minimum absolute atomic E-state index is 0.109. The van der Waals surface area contributed by atoms with Crippen molar-refractivity contribution in [1.82, 2.24) is 14.7 Å². The molecule has 9 aliphatic rings. The first-order chi connectivity index (χ1) is 40.8. The lowest BCUT2D eigenvalue weighted by Gasteiger charge is -2.46. The molecule has 3 aromatic carbocycles. The summed E-state index contributed by atoms with van der Waals surface area (Å²) < 4.78 is 52.7. The van der Waals surface area contributed by atoms with E-state index in [0.29, 0.717) is 69.5 Å². The SMILES string of the molecule is CN1C(=O)C2(CC3(CCCOC3)Oc3ccc(Br)cc32)N=C1N.CN1C(=O)[C@@]2(C[C@@]3(CCCOC3)Oc3ccc(-c4ccco4)cc32)N=C1N.CN1C(=O)[C@@]2(C[C@]3(CCCOC3)Oc3ccc(-c4ccco4)cc32)N=C1N.OB(O)c1ccco1. The number of hydrogen-bond donors (Lipinski definition) is 5. The lowest BCUT2D eigenvalue weighted by molar-refractivity contribution is -0.139. The number of nitrogens with two attached hydrogens (primary N) is 3. The van der Waals surface area contributed by atoms with Crippen LogP contribution in [0.1, 0.15) is 74.5 Å². The van der Waals surface area contributed by atoms with Crippen LogP contribution in [-0.4, -0.2) is 145 Å². The third-order valence-corrected chi connectivity index (χ3v) is 17.6. The summed E-state index contributed by atoms with van der Waals surface area (Å²) in [4.78, 5) is 57.8. The summed E-state index contributed by atoms with van der Waals surface area (Å²) in [5.74, 6) is 3.77. The molecule has 8 N–H and O–H groups in total. The van der Waals surface area contributed by atoms with E-state index in [1.807, 2.05) is 78.9 Å². The summed E-state index contributed by atoms with van der Waals surface area (Å²) in [6.45, 7) is 3.51. The maximum Gasteiger partial charge on any atom is 0.526 e. The summed E-state index contributed by atoms with van der Waals surface area (Å²) in [6, 6.07) is 27.7. The fraction of sp³-hybridized carbons (Fsp3) is 0.400. The Morgan fingerprint density at radius 1 is 0.506 bits per heavy atom. The molecule has 3 fully saturated rings. The molecule has 0 saturated carbocycles. The predicted octanol–water partition coefficient (Wildman–Crippen LogP) is 5.24. The maximum atomic E-state index is 13.3. The van der Waals surface area contributed by atoms with Crippen LogP contribution in [0.5, 0.6) is 17.2 Å². The highest BCUT2D eigenvalue weighted by Crippen LogP contribution is 2.55. The number of rotatable bonds is 3. The molecule has 15 rings (SSSR count). The number of aliphatic imine (C=N–C) groups is 3. The minimum Gasteiger partial charge on any atom is -0.484 e. The fourth-order valence-electron chi connectivity index (χ4n) is 13.0. The second kappa shape index (κ2) is 22.2. The van der Waals surface area contributed by atoms with Crippen LogP contribution in [0.4, 0.5) is 0 Å². The molecule has 6 atom stereocenters. The third-order valence-electron chi connectivity index (χ3n) is 17.1. The topological polar surface area (TPSA) is 311 Å². The number of furan rings is 3. The van der Waals surface area contributed by atoms with Gasteiger partial charge < -0.3 is 68.9 Å². The van der Waals surface area contributed by atoms with E-state index in [2.05, 4.69) is 35.3 Å². The van der Waals surface area contributed by atoms with Gasteiger partial charge in [0.15, 0.2) is 34.5 Å². The van der Waals surface area contributed by atoms with Gasteiger partial charge in [-0.2, -0.15) is 0 Å². The van der Waals surface area contributed by atoms with Gasteiger partial charge >= 0.3 is 7.12 Å². The van der Waals surface area contributed by atoms with Gasteiger partial charge in [-0.25, -0.2) is 15.0 Å². The molecule has 12 heterocycles. The maximum absolute atomic E-state index is 13.3. The zero-order valence-corrected chi connectivity index (χ0v) is 48.7. The number of ether oxygens (including phenoxy) is 6. The molecule has 9 aliphatic heterocycles. The Bertz CT molecular complexity index is 3440. The van der Waals surface area contributed by atoms with Gasteiger partial charge in [0.2, 0.25) is 0 Å². The van der Waals surface area contributed by atoms with E-state index in [4.69, 9.17) is 64.5 Å². The first-order valence-electron chi connectivity index (χ1n) is 28.1. The van der Waals surface area contributed by atoms with Gasteiger partial charge in [0.1, 0.15) is 51.2 Å². The average molecular weight is 1230 g/mol. The second-order valence-electron chi connectivity index (χ2n) is 22.8. The van der Waals surface area contributed by atoms with Crippen molar-refractivity contribution < 1.29 is 66.1 Å². The Labute approximate surface area is 498 Å². The van der Waals surface area contributed by atoms with Crippen LogP contribution in [0.3, 0.4) is 0 Å². The molecule has 444 valence electrons. The number of fused-ring (bicyclic) bond motifs is 6. The Hall–Kier alpha value is -7.94. The summed E-state index contributed by atoms with van der Waals surface area (Å²) >= 11 is 3.47. The number of guanidine groups is 3. The average Bonchev–Trinajstić information content (AvgIpc) is 1.76. The van der Waals surface area contributed by atoms with Gasteiger partial charge in [0.25, 0.3) is 17.7 Å². The molecule has 3 amide bonds. The van der Waals surface area contributed by atoms with Gasteiger partial charge in [0.05, 0.1) is 38.6 Å². The fourth-order valence-corrected chi connectivity index (χ4v) is 13.4. The van der Waals surface area contributed by atoms with E-state index < -0.39 is 40.5 Å². The van der Waals surface area contributed by atoms with E-state index >= 15 is 0 Å². The third kappa shape index (κ3) is 10.2. The van der Waals surface area contributed by atoms with Gasteiger partial charge in [-0.05, 0) is 130 Å². The zero-order valence-electron chi connectivity index (χ0n) is 47.2. The minimum atomic E-state index is -1.48. The number of likely N-dealkylation sites (N-methyl/N-ethyl adjacent to an activating group) is 3. The summed E-state index contributed by atoms with van der Waals surface area (Å²) in [5.41, 5.74) is 17.3. The summed E-state index contributed by atoms with van der Waals surface area (Å²) in [6.07, 6.45) is 11.1. The highest BCUT2D eigenvalue weighted by Gasteiger charge is 2.61. The van der Waals surface area contributed by atoms with Crippen molar-refractivity contribution >= 4 is 64.3 Å². The van der Waals surface area contributed by atoms with Crippen molar-refractivity contribution in [2.75, 3.05) is 60.8 Å². The van der Waals surface area contributed by atoms with E-state index in [0.717, 1.165) is 88.9 Å². The van der Waals surface area contributed by atoms with E-state index in [1.54, 1.807) is 39.7 Å². The van der Waals surface area contributed by atoms with Crippen molar-refractivity contribution in [1.29, 1.82) is 0 Å². The Balaban J connectivity index is 0.000000118. The van der Waals surface area contributed by atoms with Crippen molar-refractivity contribution in [3.63, 3.8) is 0 Å². The van der Waals surface area contributed by atoms with Crippen molar-refractivity contribution in [3.8, 4) is 39.9 Å². The Morgan fingerprint density at radius 2 is 0.871 bits per heavy atom. The number of carbonyl (C=O) groups excluding carboxylic acids is 3. The standard InChI is InChI=1S/2C20H21N3O4.C16H18BrN3O3.C4H5BO3/c2*1-23-17(24)20(22-18(23)21)11-19(7-3-8-25-12-19)27-16-6-5-13(10-14(16)20)15-4-2-9-26-15;1-20-13(21)16(19-14(20)18)8-15(5-2-6-22-9-15)23-12-4-3-10(17)7-11(12)16;6-5(7)4-2-1-3-8-4/h2*2,4-6,9-10H,3,7-8,11-12H2,1H3,(H2,21,22);3-4,7H,2,5-6,8-9H2,1H3,(H2,18,19);1-3,6-7H/t19-,20+;19-,20-;;/m10../s1. The molecular weight excluding hydrogens is 1160 g/mol. The monoisotopic (exact) mass is 1230 g/mol. The van der Waals surface area contributed by atoms with Gasteiger partial charge in [-0.1, -0.05) is 15.9 Å². The highest BCUT2D eigenvalue weighted by atomic mass is 79.9. The summed E-state index contributed by atoms with van der Waals surface area (Å²) in [5, 5.41) is 16.7. The molecule has 2 unspecified atom stereocenters. The summed E-state index contributed by atoms with van der Waals surface area (Å²) in [7, 11) is 3.49. The second-order valence-corrected chi connectivity index (χ2v) is 23.8. The number of carbonyl (C=O) groups is 3. The number of halogens is 1. The molecule has 6 aromatic rings. The van der Waals surface area contributed by atoms with Crippen LogP contribution < -0.4 is 37.1 Å². The number of hydrogen-bond acceptors (Lipinski definition) is 20. The first kappa shape index (κ1) is 57.5. The normalized spacial score (nSPS) is 28.7. The first-order valence-corrected chi connectivity index (χ1v) is 28.9. The van der Waals surface area contributed by atoms with Crippen molar-refractivity contribution in [2.45, 2.75) is 91.2 Å². The lowest BCUT2D eigenvalue weighted by atomic mass is 9.74. The van der Waals surface area contributed by atoms with E-state index in [9.17, 15) is 14.4 Å². The molecule has 25 heteroatoms. The quantitative estimate of drug-likeness (QED) is 0.141. The van der Waals surface area contributed by atoms with Crippen LogP contribution in [0.25, 0.3) is 22.6 Å². The number of nitrogens with zero attached hydrogens (tertiary/aromatic N) is 6. The highest BCUT2D eigenvalue weighted by molar-refractivity contribution is 9.10. The van der Waals surface area contributed by atoms with Crippen molar-refractivity contribution in [3.05, 3.63) is 131 Å². The molecule has 85 heavy (non-hydrogen) atoms. The van der Waals surface area contributed by atoms with Crippen LogP contribution in [0.15, 0.2) is 142 Å². The lowest BCUT2D eigenvalue weighted by Crippen LogP contribution is -2.55. The van der Waals surface area contributed by atoms with Gasteiger partial charge in [-0.15, -0.1) is 0 Å². The Kier molecular flexibility index (Phi) is 15.0. The number of benzene rings is 3. The predicted molar refractivity (Wildman–Crippen MR) is 313 cm³/mol. The molecule has 23 nitrogen and oxygen atoms in total.